The summed E-state index contributed by atoms with van der Waals surface area (Å²) in [5.41, 5.74) is 8.05. The predicted octanol–water partition coefficient (Wildman–Crippen LogP) is 11.6. The second-order valence-corrected chi connectivity index (χ2v) is 27.9. The zero-order chi connectivity index (χ0) is 53.3. The molecule has 8 N–H and O–H groups in total. The first-order chi connectivity index (χ1) is 36.9. The fourth-order valence-electron chi connectivity index (χ4n) is 14.2. The molecule has 7 aliphatic rings. The number of aromatic hydroxyl groups is 2. The number of unbranched alkanes of at least 4 members (excludes halogenated alkanes) is 2. The van der Waals surface area contributed by atoms with E-state index < -0.39 is 29.2 Å². The summed E-state index contributed by atoms with van der Waals surface area (Å²) in [5, 5.41) is 78.4. The lowest BCUT2D eigenvalue weighted by Crippen LogP contribution is -2.53. The number of carbonyl (C=O) groups is 2. The number of aliphatic hydroxyl groups is 4. The molecule has 5 bridgehead atoms. The number of Topliss-reactive ketones (excluding diaryl/α,β-unsaturated/α-hetero) is 2. The molecule has 76 heavy (non-hydrogen) atoms. The van der Waals surface area contributed by atoms with Gasteiger partial charge >= 0.3 is 0 Å². The smallest absolute Gasteiger partial charge is 0.168 e. The van der Waals surface area contributed by atoms with Gasteiger partial charge < -0.3 is 45.4 Å². The third-order valence-corrected chi connectivity index (χ3v) is 24.7. The van der Waals surface area contributed by atoms with Gasteiger partial charge in [-0.2, -0.15) is 0 Å². The van der Waals surface area contributed by atoms with Crippen molar-refractivity contribution in [2.24, 2.45) is 17.8 Å². The Bertz CT molecular complexity index is 2740. The molecule has 3 fully saturated rings. The zero-order valence-electron chi connectivity index (χ0n) is 44.3. The Kier molecular flexibility index (Phi) is 18.2. The van der Waals surface area contributed by atoms with Crippen molar-refractivity contribution in [3.63, 3.8) is 0 Å². The number of ether oxygens (including phenoxy) is 2. The topological polar surface area (TPSA) is 198 Å². The van der Waals surface area contributed by atoms with Gasteiger partial charge in [0.05, 0.1) is 36.7 Å². The lowest BCUT2D eigenvalue weighted by atomic mass is 9.63. The summed E-state index contributed by atoms with van der Waals surface area (Å²) in [7, 11) is 8.91. The monoisotopic (exact) mass is 1110 g/mol. The maximum absolute atomic E-state index is 15.1. The standard InChI is InChI=1S/C60H78N2O10S4/c1-4-5-6-9-53-60-21-20-36(26-52(60)70)51(28-42(68)16-11-35-14-19-50(69)58(71-3)54(35)43-17-12-34-10-15-41(67)27-44(34)47(43)32-74-76-60)72-59-46-24-39(30-65)57-55-37(13-18-48(61-57)33(2)66)23-38(29-64)45(56(46)55)25-40(31-73-75-53)49(62-59)8-7-22-63/h10,12,14-15,17,19,24,27,36-38,40,45,48-49,51-53,59,61-65,67,69-70H,4-9,11,13,16,18,20-23,25-26,28-32H2,1-3H3. The van der Waals surface area contributed by atoms with E-state index >= 15 is 4.79 Å². The molecule has 11 rings (SSSR count). The van der Waals surface area contributed by atoms with Crippen LogP contribution in [0.25, 0.3) is 21.9 Å². The van der Waals surface area contributed by atoms with Crippen LogP contribution in [0.15, 0.2) is 48.5 Å². The number of phenols is 2. The maximum atomic E-state index is 15.1. The first-order valence-electron chi connectivity index (χ1n) is 28.0. The summed E-state index contributed by atoms with van der Waals surface area (Å²) < 4.78 is 13.1. The quantitative estimate of drug-likeness (QED) is 0.0521. The number of hydrogen-bond donors (Lipinski definition) is 8. The lowest BCUT2D eigenvalue weighted by molar-refractivity contribution is -0.130. The van der Waals surface area contributed by atoms with Crippen LogP contribution >= 0.6 is 43.2 Å². The van der Waals surface area contributed by atoms with Crippen LogP contribution in [0.1, 0.15) is 162 Å². The van der Waals surface area contributed by atoms with Gasteiger partial charge in [0.25, 0.3) is 0 Å². The maximum Gasteiger partial charge on any atom is 0.168 e. The second kappa shape index (κ2) is 24.7. The Hall–Kier alpha value is -3.16. The van der Waals surface area contributed by atoms with Crippen molar-refractivity contribution in [2.75, 3.05) is 31.4 Å². The van der Waals surface area contributed by atoms with Crippen LogP contribution in [-0.2, 0) is 33.1 Å². The first kappa shape index (κ1) is 56.1. The minimum atomic E-state index is -0.734. The van der Waals surface area contributed by atoms with Crippen molar-refractivity contribution in [3.8, 4) is 28.4 Å². The van der Waals surface area contributed by atoms with Crippen molar-refractivity contribution >= 4 is 71.2 Å². The van der Waals surface area contributed by atoms with Gasteiger partial charge in [-0.25, -0.2) is 0 Å². The number of carbonyl (C=O) groups excluding carboxylic acids is 2. The number of ketones is 2. The van der Waals surface area contributed by atoms with Crippen LogP contribution in [0, 0.1) is 17.8 Å². The molecule has 4 aromatic rings. The predicted molar refractivity (Wildman–Crippen MR) is 309 cm³/mol. The van der Waals surface area contributed by atoms with Gasteiger partial charge in [0.1, 0.15) is 17.8 Å². The number of nitrogens with one attached hydrogen (secondary N) is 2. The van der Waals surface area contributed by atoms with Gasteiger partial charge in [-0.1, -0.05) is 93.6 Å². The Morgan fingerprint density at radius 1 is 0.921 bits per heavy atom. The average molecular weight is 1120 g/mol. The van der Waals surface area contributed by atoms with Crippen LogP contribution in [0.4, 0.5) is 5.69 Å². The molecule has 5 heterocycles. The summed E-state index contributed by atoms with van der Waals surface area (Å²) >= 11 is 0. The number of aryl methyl sites for hydroxylation is 1. The van der Waals surface area contributed by atoms with Gasteiger partial charge in [-0.15, -0.1) is 0 Å². The summed E-state index contributed by atoms with van der Waals surface area (Å²) in [6, 6.07) is 14.6. The van der Waals surface area contributed by atoms with Crippen LogP contribution < -0.4 is 15.4 Å². The Morgan fingerprint density at radius 2 is 1.76 bits per heavy atom. The highest BCUT2D eigenvalue weighted by molar-refractivity contribution is 8.78. The van der Waals surface area contributed by atoms with Crippen molar-refractivity contribution in [3.05, 3.63) is 81.9 Å². The lowest BCUT2D eigenvalue weighted by Gasteiger charge is -2.50. The second-order valence-electron chi connectivity index (χ2n) is 22.6. The highest BCUT2D eigenvalue weighted by Crippen LogP contribution is 2.60. The molecule has 12 unspecified atom stereocenters. The van der Waals surface area contributed by atoms with E-state index in [0.717, 1.165) is 107 Å². The fourth-order valence-corrected chi connectivity index (χ4v) is 21.8. The molecule has 1 saturated carbocycles. The van der Waals surface area contributed by atoms with Crippen molar-refractivity contribution in [1.82, 2.24) is 5.32 Å². The number of hydrogen-bond acceptors (Lipinski definition) is 16. The molecule has 5 aliphatic heterocycles. The minimum Gasteiger partial charge on any atom is -0.508 e. The summed E-state index contributed by atoms with van der Waals surface area (Å²) in [6.45, 7) is 3.65. The van der Waals surface area contributed by atoms with Crippen molar-refractivity contribution < 1.29 is 49.7 Å². The highest BCUT2D eigenvalue weighted by Gasteiger charge is 2.53. The average Bonchev–Trinajstić information content (AvgIpc) is 3.63. The van der Waals surface area contributed by atoms with Crippen LogP contribution in [0.2, 0.25) is 0 Å². The summed E-state index contributed by atoms with van der Waals surface area (Å²) in [6.07, 6.45) is 8.81. The molecule has 4 aromatic carbocycles. The van der Waals surface area contributed by atoms with E-state index in [0.29, 0.717) is 61.2 Å². The molecule has 2 aliphatic carbocycles. The molecule has 12 nitrogen and oxygen atoms in total. The van der Waals surface area contributed by atoms with Gasteiger partial charge in [-0.3, -0.25) is 14.9 Å². The first-order valence-corrected chi connectivity index (χ1v) is 32.7. The zero-order valence-corrected chi connectivity index (χ0v) is 47.5. The fraction of sp³-hybridized carbons (Fsp3) is 0.600. The molecule has 0 aromatic heterocycles. The Morgan fingerprint density at radius 3 is 2.53 bits per heavy atom. The van der Waals surface area contributed by atoms with Crippen molar-refractivity contribution in [1.29, 1.82) is 0 Å². The Labute approximate surface area is 464 Å². The molecular weight excluding hydrogens is 1040 g/mol. The number of rotatable bonds is 11. The van der Waals surface area contributed by atoms with Gasteiger partial charge in [0.15, 0.2) is 17.3 Å². The van der Waals surface area contributed by atoms with E-state index in [9.17, 15) is 35.4 Å². The SMILES string of the molecule is CCCCCC1SSCC2CC3c4c(cc(CO)c5c4C(CCC(C(C)=O)N5)CC3CO)C(NC2CCCO)OC2CC(=O)CCc3ccc(O)c(OC)c3-c3ccc4ccc(O)cc4c3CSSC13CCC2CC3O. The largest absolute Gasteiger partial charge is 0.508 e. The number of anilines is 1. The van der Waals surface area contributed by atoms with Crippen LogP contribution in [0.3, 0.4) is 0 Å². The highest BCUT2D eigenvalue weighted by atomic mass is 33.1. The number of aliphatic hydroxyl groups excluding tert-OH is 4. The molecule has 12 atom stereocenters. The molecule has 0 radical (unpaired) electrons. The van der Waals surface area contributed by atoms with Crippen LogP contribution in [0.5, 0.6) is 17.2 Å². The molecule has 0 amide bonds. The normalized spacial score (nSPS) is 30.8. The molecular formula is C60H78N2O10S4. The van der Waals surface area contributed by atoms with E-state index in [1.54, 1.807) is 47.8 Å². The van der Waals surface area contributed by atoms with Gasteiger partial charge in [0.2, 0.25) is 0 Å². The summed E-state index contributed by atoms with van der Waals surface area (Å²) in [5.74, 6) is 1.69. The van der Waals surface area contributed by atoms with Gasteiger partial charge in [0, 0.05) is 65.7 Å². The minimum absolute atomic E-state index is 0.00885. The number of phenolic OH excluding ortho intramolecular Hbond substituents is 2. The molecule has 16 heteroatoms. The van der Waals surface area contributed by atoms with Crippen molar-refractivity contribution in [2.45, 2.75) is 181 Å². The van der Waals surface area contributed by atoms with E-state index in [4.69, 9.17) is 9.47 Å². The van der Waals surface area contributed by atoms with E-state index in [-0.39, 0.29) is 96.6 Å². The number of methoxy groups -OCH3 is 1. The summed E-state index contributed by atoms with van der Waals surface area (Å²) in [4.78, 5) is 28.2. The molecule has 412 valence electrons. The number of benzene rings is 4. The molecule has 2 saturated heterocycles. The van der Waals surface area contributed by atoms with Gasteiger partial charge in [-0.05, 0) is 176 Å². The van der Waals surface area contributed by atoms with E-state index in [1.165, 1.54) is 0 Å². The molecule has 0 spiro atoms. The third-order valence-electron chi connectivity index (χ3n) is 18.2. The number of fused-ring (bicyclic) bond motifs is 9. The van der Waals surface area contributed by atoms with E-state index in [1.807, 2.05) is 45.9 Å². The Balaban J connectivity index is 1.16. The van der Waals surface area contributed by atoms with E-state index in [2.05, 4.69) is 29.7 Å². The van der Waals surface area contributed by atoms with Crippen LogP contribution in [-0.4, -0.2) is 103 Å². The third kappa shape index (κ3) is 11.2.